The summed E-state index contributed by atoms with van der Waals surface area (Å²) >= 11 is 17.6. The van der Waals surface area contributed by atoms with Crippen molar-refractivity contribution < 1.29 is 4.79 Å². The molecule has 0 aliphatic carbocycles. The van der Waals surface area contributed by atoms with Crippen molar-refractivity contribution in [1.82, 2.24) is 10.3 Å². The summed E-state index contributed by atoms with van der Waals surface area (Å²) in [6.07, 6.45) is 0.890. The van der Waals surface area contributed by atoms with E-state index in [2.05, 4.69) is 10.3 Å². The highest BCUT2D eigenvalue weighted by molar-refractivity contribution is 6.42. The summed E-state index contributed by atoms with van der Waals surface area (Å²) < 4.78 is 0. The molecule has 0 aliphatic heterocycles. The van der Waals surface area contributed by atoms with Crippen LogP contribution in [0.25, 0.3) is 0 Å². The fourth-order valence-corrected chi connectivity index (χ4v) is 1.95. The molecule has 1 amide bonds. The monoisotopic (exact) mass is 309 g/mol. The molecule has 0 bridgehead atoms. The molecule has 1 heterocycles. The maximum atomic E-state index is 11.6. The molecule has 100 valence electrons. The van der Waals surface area contributed by atoms with Crippen molar-refractivity contribution in [2.24, 2.45) is 0 Å². The fraction of sp³-hybridized carbons (Fsp3) is 0.455. The maximum absolute atomic E-state index is 11.6. The van der Waals surface area contributed by atoms with Crippen LogP contribution in [-0.4, -0.2) is 31.0 Å². The average Bonchev–Trinajstić information content (AvgIpc) is 2.31. The van der Waals surface area contributed by atoms with E-state index in [9.17, 15) is 4.79 Å². The highest BCUT2D eigenvalue weighted by Gasteiger charge is 2.14. The van der Waals surface area contributed by atoms with Gasteiger partial charge in [-0.1, -0.05) is 41.7 Å². The molecule has 0 aromatic carbocycles. The topological polar surface area (TPSA) is 45.2 Å². The standard InChI is InChI=1S/C11H14Cl3N3O/c1-3-4-15-9(18)6-17(2)11-8(13)5-7(12)10(14)16-11/h5H,3-4,6H2,1-2H3,(H,15,18). The first kappa shape index (κ1) is 15.3. The van der Waals surface area contributed by atoms with E-state index in [4.69, 9.17) is 34.8 Å². The lowest BCUT2D eigenvalue weighted by atomic mass is 10.4. The minimum Gasteiger partial charge on any atom is -0.355 e. The number of nitrogens with one attached hydrogen (secondary N) is 1. The van der Waals surface area contributed by atoms with E-state index >= 15 is 0 Å². The molecule has 1 aromatic heterocycles. The number of hydrogen-bond donors (Lipinski definition) is 1. The van der Waals surface area contributed by atoms with Crippen LogP contribution in [0.2, 0.25) is 15.2 Å². The molecule has 0 saturated heterocycles. The van der Waals surface area contributed by atoms with Crippen LogP contribution < -0.4 is 10.2 Å². The third kappa shape index (κ3) is 4.19. The Morgan fingerprint density at radius 3 is 2.67 bits per heavy atom. The Kier molecular flexibility index (Phi) is 5.99. The van der Waals surface area contributed by atoms with Gasteiger partial charge in [-0.3, -0.25) is 4.79 Å². The van der Waals surface area contributed by atoms with E-state index in [-0.39, 0.29) is 22.6 Å². The van der Waals surface area contributed by atoms with E-state index in [0.29, 0.717) is 17.4 Å². The molecule has 0 saturated carbocycles. The van der Waals surface area contributed by atoms with Crippen LogP contribution in [0.3, 0.4) is 0 Å². The van der Waals surface area contributed by atoms with E-state index in [1.54, 1.807) is 11.9 Å². The first-order chi connectivity index (χ1) is 8.45. The molecule has 1 N–H and O–H groups in total. The number of halogens is 3. The second-order valence-corrected chi connectivity index (χ2v) is 4.94. The zero-order chi connectivity index (χ0) is 13.7. The lowest BCUT2D eigenvalue weighted by Gasteiger charge is -2.19. The van der Waals surface area contributed by atoms with E-state index < -0.39 is 0 Å². The van der Waals surface area contributed by atoms with Gasteiger partial charge in [0.1, 0.15) is 11.0 Å². The van der Waals surface area contributed by atoms with Gasteiger partial charge in [-0.05, 0) is 12.5 Å². The molecule has 4 nitrogen and oxygen atoms in total. The van der Waals surface area contributed by atoms with Crippen molar-refractivity contribution in [3.63, 3.8) is 0 Å². The van der Waals surface area contributed by atoms with Gasteiger partial charge in [0, 0.05) is 13.6 Å². The smallest absolute Gasteiger partial charge is 0.239 e. The number of carbonyl (C=O) groups is 1. The minimum atomic E-state index is -0.0942. The number of hydrogen-bond acceptors (Lipinski definition) is 3. The van der Waals surface area contributed by atoms with Gasteiger partial charge in [0.05, 0.1) is 16.6 Å². The summed E-state index contributed by atoms with van der Waals surface area (Å²) in [7, 11) is 1.71. The minimum absolute atomic E-state index is 0.0942. The molecule has 1 aromatic rings. The number of pyridine rings is 1. The third-order valence-electron chi connectivity index (χ3n) is 2.18. The largest absolute Gasteiger partial charge is 0.355 e. The van der Waals surface area contributed by atoms with Gasteiger partial charge in [0.15, 0.2) is 0 Å². The third-order valence-corrected chi connectivity index (χ3v) is 3.13. The number of nitrogens with zero attached hydrogens (tertiary/aromatic N) is 2. The van der Waals surface area contributed by atoms with Crippen molar-refractivity contribution in [3.8, 4) is 0 Å². The Balaban J connectivity index is 2.75. The average molecular weight is 311 g/mol. The SMILES string of the molecule is CCCNC(=O)CN(C)c1nc(Cl)c(Cl)cc1Cl. The normalized spacial score (nSPS) is 10.3. The van der Waals surface area contributed by atoms with E-state index in [0.717, 1.165) is 6.42 Å². The van der Waals surface area contributed by atoms with Crippen LogP contribution >= 0.6 is 34.8 Å². The van der Waals surface area contributed by atoms with Gasteiger partial charge in [0.25, 0.3) is 0 Å². The summed E-state index contributed by atoms with van der Waals surface area (Å²) in [5.41, 5.74) is 0. The number of likely N-dealkylation sites (N-methyl/N-ethyl adjacent to an activating group) is 1. The van der Waals surface area contributed by atoms with E-state index in [1.807, 2.05) is 6.92 Å². The Bertz CT molecular complexity index is 440. The summed E-state index contributed by atoms with van der Waals surface area (Å²) in [6, 6.07) is 1.51. The molecular weight excluding hydrogens is 296 g/mol. The molecule has 0 spiro atoms. The van der Waals surface area contributed by atoms with E-state index in [1.165, 1.54) is 6.07 Å². The van der Waals surface area contributed by atoms with Gasteiger partial charge in [0.2, 0.25) is 5.91 Å². The highest BCUT2D eigenvalue weighted by atomic mass is 35.5. The van der Waals surface area contributed by atoms with Gasteiger partial charge >= 0.3 is 0 Å². The molecular formula is C11H14Cl3N3O. The Labute approximate surface area is 121 Å². The Hall–Kier alpha value is -0.710. The van der Waals surface area contributed by atoms with Crippen molar-refractivity contribution in [2.75, 3.05) is 25.0 Å². The predicted octanol–water partition coefficient (Wildman–Crippen LogP) is 3.00. The number of anilines is 1. The van der Waals surface area contributed by atoms with Gasteiger partial charge in [-0.15, -0.1) is 0 Å². The number of aromatic nitrogens is 1. The van der Waals surface area contributed by atoms with Crippen molar-refractivity contribution in [3.05, 3.63) is 21.3 Å². The molecule has 18 heavy (non-hydrogen) atoms. The molecule has 0 unspecified atom stereocenters. The van der Waals surface area contributed by atoms with Crippen molar-refractivity contribution in [1.29, 1.82) is 0 Å². The maximum Gasteiger partial charge on any atom is 0.239 e. The Morgan fingerprint density at radius 1 is 1.39 bits per heavy atom. The van der Waals surface area contributed by atoms with Gasteiger partial charge in [-0.25, -0.2) is 4.98 Å². The molecule has 0 fully saturated rings. The molecule has 7 heteroatoms. The summed E-state index contributed by atoms with van der Waals surface area (Å²) in [5, 5.41) is 3.57. The van der Waals surface area contributed by atoms with Gasteiger partial charge in [-0.2, -0.15) is 0 Å². The first-order valence-corrected chi connectivity index (χ1v) is 6.58. The summed E-state index contributed by atoms with van der Waals surface area (Å²) in [4.78, 5) is 17.2. The quantitative estimate of drug-likeness (QED) is 0.850. The zero-order valence-corrected chi connectivity index (χ0v) is 12.4. The molecule has 0 radical (unpaired) electrons. The first-order valence-electron chi connectivity index (χ1n) is 5.45. The van der Waals surface area contributed by atoms with Crippen LogP contribution in [0.1, 0.15) is 13.3 Å². The summed E-state index contributed by atoms with van der Waals surface area (Å²) in [5.74, 6) is 0.334. The summed E-state index contributed by atoms with van der Waals surface area (Å²) in [6.45, 7) is 2.79. The highest BCUT2D eigenvalue weighted by Crippen LogP contribution is 2.30. The van der Waals surface area contributed by atoms with Crippen molar-refractivity contribution >= 4 is 46.5 Å². The zero-order valence-electron chi connectivity index (χ0n) is 10.1. The van der Waals surface area contributed by atoms with Crippen LogP contribution in [-0.2, 0) is 4.79 Å². The second kappa shape index (κ2) is 7.02. The second-order valence-electron chi connectivity index (χ2n) is 3.77. The van der Waals surface area contributed by atoms with Crippen LogP contribution in [0.15, 0.2) is 6.07 Å². The molecule has 0 atom stereocenters. The fourth-order valence-electron chi connectivity index (χ4n) is 1.31. The molecule has 1 rings (SSSR count). The van der Waals surface area contributed by atoms with Crippen LogP contribution in [0.5, 0.6) is 0 Å². The lowest BCUT2D eigenvalue weighted by Crippen LogP contribution is -2.36. The molecule has 0 aliphatic rings. The predicted molar refractivity (Wildman–Crippen MR) is 75.8 cm³/mol. The van der Waals surface area contributed by atoms with Gasteiger partial charge < -0.3 is 10.2 Å². The van der Waals surface area contributed by atoms with Crippen molar-refractivity contribution in [2.45, 2.75) is 13.3 Å². The Morgan fingerprint density at radius 2 is 2.06 bits per heavy atom. The van der Waals surface area contributed by atoms with Crippen LogP contribution in [0, 0.1) is 0 Å². The number of rotatable bonds is 5. The lowest BCUT2D eigenvalue weighted by molar-refractivity contribution is -0.119. The number of amides is 1. The number of carbonyl (C=O) groups excluding carboxylic acids is 1. The van der Waals surface area contributed by atoms with Crippen LogP contribution in [0.4, 0.5) is 5.82 Å².